The van der Waals surface area contributed by atoms with Crippen LogP contribution in [0.5, 0.6) is 5.75 Å². The van der Waals surface area contributed by atoms with Crippen LogP contribution in [0.1, 0.15) is 38.6 Å². The second-order valence-electron chi connectivity index (χ2n) is 6.36. The van der Waals surface area contributed by atoms with E-state index in [0.717, 1.165) is 28.3 Å². The Bertz CT molecular complexity index is 976. The summed E-state index contributed by atoms with van der Waals surface area (Å²) < 4.78 is 16.5. The Morgan fingerprint density at radius 3 is 2.96 bits per heavy atom. The van der Waals surface area contributed by atoms with Gasteiger partial charge in [-0.25, -0.2) is 9.78 Å². The van der Waals surface area contributed by atoms with E-state index in [9.17, 15) is 4.79 Å². The third-order valence-corrected chi connectivity index (χ3v) is 5.23. The second kappa shape index (κ2) is 6.57. The van der Waals surface area contributed by atoms with E-state index in [0.29, 0.717) is 22.0 Å². The minimum Gasteiger partial charge on any atom is -0.490 e. The Kier molecular flexibility index (Phi) is 4.24. The Hall–Kier alpha value is -2.67. The molecule has 0 unspecified atom stereocenters. The molecule has 0 fully saturated rings. The maximum absolute atomic E-state index is 12.2. The van der Waals surface area contributed by atoms with Crippen molar-refractivity contribution in [2.45, 2.75) is 39.9 Å². The minimum atomic E-state index is -0.388. The van der Waals surface area contributed by atoms with Crippen molar-refractivity contribution < 1.29 is 18.8 Å². The lowest BCUT2D eigenvalue weighted by Gasteiger charge is -2.02. The summed E-state index contributed by atoms with van der Waals surface area (Å²) in [6.07, 6.45) is 1.08. The zero-order valence-electron chi connectivity index (χ0n) is 14.7. The number of fused-ring (bicyclic) bond motifs is 1. The van der Waals surface area contributed by atoms with Gasteiger partial charge in [-0.3, -0.25) is 0 Å². The zero-order chi connectivity index (χ0) is 18.3. The predicted octanol–water partition coefficient (Wildman–Crippen LogP) is 4.10. The Morgan fingerprint density at radius 2 is 2.19 bits per heavy atom. The van der Waals surface area contributed by atoms with E-state index in [1.807, 2.05) is 26.0 Å². The summed E-state index contributed by atoms with van der Waals surface area (Å²) in [5, 5.41) is 4.84. The first-order valence-electron chi connectivity index (χ1n) is 8.36. The Morgan fingerprint density at radius 1 is 1.35 bits per heavy atom. The minimum absolute atomic E-state index is 0.0593. The molecule has 0 saturated carbocycles. The van der Waals surface area contributed by atoms with Crippen molar-refractivity contribution in [3.05, 3.63) is 51.1 Å². The van der Waals surface area contributed by atoms with Crippen molar-refractivity contribution in [3.63, 3.8) is 0 Å². The van der Waals surface area contributed by atoms with Gasteiger partial charge in [-0.1, -0.05) is 5.16 Å². The molecule has 7 heteroatoms. The lowest BCUT2D eigenvalue weighted by molar-refractivity contribution is 0.0469. The van der Waals surface area contributed by atoms with Gasteiger partial charge in [0.15, 0.2) is 5.76 Å². The number of nitrogens with zero attached hydrogens (tertiary/aromatic N) is 2. The van der Waals surface area contributed by atoms with E-state index in [2.05, 4.69) is 16.2 Å². The summed E-state index contributed by atoms with van der Waals surface area (Å²) in [6.45, 7) is 5.77. The first kappa shape index (κ1) is 16.8. The summed E-state index contributed by atoms with van der Waals surface area (Å²) in [7, 11) is 0. The van der Waals surface area contributed by atoms with E-state index in [4.69, 9.17) is 14.0 Å². The fraction of sp³-hybridized carbons (Fsp3) is 0.316. The molecule has 3 aromatic rings. The number of aryl methyl sites for hydroxylation is 2. The zero-order valence-corrected chi connectivity index (χ0v) is 15.6. The monoisotopic (exact) mass is 370 g/mol. The number of carbonyl (C=O) groups is 1. The number of rotatable bonds is 4. The molecule has 0 bridgehead atoms. The van der Waals surface area contributed by atoms with E-state index in [-0.39, 0.29) is 18.7 Å². The topological polar surface area (TPSA) is 74.5 Å². The fourth-order valence-corrected chi connectivity index (χ4v) is 3.83. The van der Waals surface area contributed by atoms with Gasteiger partial charge in [0.2, 0.25) is 0 Å². The van der Waals surface area contributed by atoms with Crippen LogP contribution in [0.4, 0.5) is 0 Å². The largest absolute Gasteiger partial charge is 0.490 e. The standard InChI is InChI=1S/C19H18N2O4S/c1-10-6-14-7-13(4-5-16(14)24-10)17-8-15(21-25-17)9-23-19(22)18-11(2)20-12(3)26-18/h4-5,7-8,10H,6,9H2,1-3H3/t10-/m1/s1. The van der Waals surface area contributed by atoms with Crippen molar-refractivity contribution in [2.24, 2.45) is 0 Å². The molecule has 0 amide bonds. The molecule has 1 aliphatic rings. The van der Waals surface area contributed by atoms with Gasteiger partial charge in [0.25, 0.3) is 0 Å². The highest BCUT2D eigenvalue weighted by atomic mass is 32.1. The van der Waals surface area contributed by atoms with Crippen molar-refractivity contribution in [1.29, 1.82) is 0 Å². The molecule has 6 nitrogen and oxygen atoms in total. The van der Waals surface area contributed by atoms with E-state index >= 15 is 0 Å². The number of hydrogen-bond donors (Lipinski definition) is 0. The van der Waals surface area contributed by atoms with Crippen LogP contribution >= 0.6 is 11.3 Å². The molecule has 3 heterocycles. The van der Waals surface area contributed by atoms with Crippen LogP contribution in [-0.2, 0) is 17.8 Å². The number of ether oxygens (including phenoxy) is 2. The van der Waals surface area contributed by atoms with Gasteiger partial charge in [0.05, 0.1) is 10.7 Å². The molecule has 0 spiro atoms. The van der Waals surface area contributed by atoms with E-state index in [1.165, 1.54) is 11.3 Å². The second-order valence-corrected chi connectivity index (χ2v) is 7.56. The highest BCUT2D eigenvalue weighted by molar-refractivity contribution is 7.13. The third kappa shape index (κ3) is 3.22. The Labute approximate surface area is 154 Å². The molecule has 0 saturated heterocycles. The molecule has 134 valence electrons. The van der Waals surface area contributed by atoms with Crippen molar-refractivity contribution in [1.82, 2.24) is 10.1 Å². The first-order chi connectivity index (χ1) is 12.5. The normalized spacial score (nSPS) is 15.6. The third-order valence-electron chi connectivity index (χ3n) is 4.18. The lowest BCUT2D eigenvalue weighted by atomic mass is 10.1. The van der Waals surface area contributed by atoms with Gasteiger partial charge in [0, 0.05) is 18.1 Å². The quantitative estimate of drug-likeness (QED) is 0.644. The number of carbonyl (C=O) groups excluding carboxylic acids is 1. The van der Waals surface area contributed by atoms with Gasteiger partial charge in [-0.15, -0.1) is 11.3 Å². The van der Waals surface area contributed by atoms with Crippen LogP contribution in [0.25, 0.3) is 11.3 Å². The summed E-state index contributed by atoms with van der Waals surface area (Å²) >= 11 is 1.33. The summed E-state index contributed by atoms with van der Waals surface area (Å²) in [5.41, 5.74) is 3.35. The average Bonchev–Trinajstić information content (AvgIpc) is 3.29. The maximum Gasteiger partial charge on any atom is 0.350 e. The van der Waals surface area contributed by atoms with Gasteiger partial charge >= 0.3 is 5.97 Å². The van der Waals surface area contributed by atoms with Crippen LogP contribution < -0.4 is 4.74 Å². The van der Waals surface area contributed by atoms with E-state index in [1.54, 1.807) is 13.0 Å². The lowest BCUT2D eigenvalue weighted by Crippen LogP contribution is -2.05. The number of aromatic nitrogens is 2. The molecule has 2 aromatic heterocycles. The molecule has 1 aromatic carbocycles. The van der Waals surface area contributed by atoms with Gasteiger partial charge in [-0.05, 0) is 44.5 Å². The number of hydrogen-bond acceptors (Lipinski definition) is 7. The summed E-state index contributed by atoms with van der Waals surface area (Å²) in [5.74, 6) is 1.18. The van der Waals surface area contributed by atoms with Crippen LogP contribution in [-0.4, -0.2) is 22.2 Å². The maximum atomic E-state index is 12.2. The fourth-order valence-electron chi connectivity index (χ4n) is 3.02. The number of esters is 1. The van der Waals surface area contributed by atoms with Crippen LogP contribution in [0.2, 0.25) is 0 Å². The van der Waals surface area contributed by atoms with E-state index < -0.39 is 0 Å². The van der Waals surface area contributed by atoms with Crippen molar-refractivity contribution in [2.75, 3.05) is 0 Å². The number of benzene rings is 1. The molecule has 1 atom stereocenters. The summed E-state index contributed by atoms with van der Waals surface area (Å²) in [4.78, 5) is 16.9. The molecule has 0 N–H and O–H groups in total. The summed E-state index contributed by atoms with van der Waals surface area (Å²) in [6, 6.07) is 7.74. The van der Waals surface area contributed by atoms with Gasteiger partial charge in [0.1, 0.15) is 29.0 Å². The van der Waals surface area contributed by atoms with Crippen LogP contribution in [0.15, 0.2) is 28.8 Å². The molecule has 26 heavy (non-hydrogen) atoms. The van der Waals surface area contributed by atoms with Gasteiger partial charge in [-0.2, -0.15) is 0 Å². The Balaban J connectivity index is 1.45. The van der Waals surface area contributed by atoms with Crippen LogP contribution in [0, 0.1) is 13.8 Å². The highest BCUT2D eigenvalue weighted by Gasteiger charge is 2.20. The molecule has 4 rings (SSSR count). The molecular formula is C19H18N2O4S. The molecule has 0 aliphatic carbocycles. The predicted molar refractivity (Wildman–Crippen MR) is 96.4 cm³/mol. The molecule has 0 radical (unpaired) electrons. The molecular weight excluding hydrogens is 352 g/mol. The average molecular weight is 370 g/mol. The SMILES string of the molecule is Cc1nc(C)c(C(=O)OCc2cc(-c3ccc4c(c3)C[C@@H](C)O4)on2)s1. The number of thiazole rings is 1. The van der Waals surface area contributed by atoms with Gasteiger partial charge < -0.3 is 14.0 Å². The van der Waals surface area contributed by atoms with Crippen LogP contribution in [0.3, 0.4) is 0 Å². The van der Waals surface area contributed by atoms with Crippen molar-refractivity contribution >= 4 is 17.3 Å². The first-order valence-corrected chi connectivity index (χ1v) is 9.18. The smallest absolute Gasteiger partial charge is 0.350 e. The van der Waals surface area contributed by atoms with Crippen molar-refractivity contribution in [3.8, 4) is 17.1 Å². The highest BCUT2D eigenvalue weighted by Crippen LogP contribution is 2.33. The molecule has 1 aliphatic heterocycles.